The number of aryl methyl sites for hydroxylation is 1. The second-order valence-electron chi connectivity index (χ2n) is 14.6. The maximum atomic E-state index is 14.6. The highest BCUT2D eigenvalue weighted by Crippen LogP contribution is 2.52. The molecule has 3 aliphatic rings. The number of nitrogen functional groups attached to an aromatic ring is 2. The van der Waals surface area contributed by atoms with Gasteiger partial charge in [0, 0.05) is 43.8 Å². The number of anilines is 2. The Morgan fingerprint density at radius 1 is 0.967 bits per heavy atom. The van der Waals surface area contributed by atoms with Crippen molar-refractivity contribution in [2.45, 2.75) is 101 Å². The molecule has 0 bridgehead atoms. The van der Waals surface area contributed by atoms with E-state index < -0.39 is 107 Å². The maximum Gasteiger partial charge on any atom is 0.405 e. The molecule has 61 heavy (non-hydrogen) atoms. The van der Waals surface area contributed by atoms with Crippen LogP contribution in [-0.2, 0) is 48.7 Å². The number of nitrogens with zero attached hydrogens (tertiary/aromatic N) is 7. The standard InChI is InChI=1S/C33H47N11O14P2S/c1-3-4-6-39-59(50,52-13-22-18(46)8-25(55-22)44-16-38-28-29(35)36-15-37-30(28)44)57-20-10-27(43-11-17(2)31(47)41-33(43)49)56-23(20)14-53-60(51,61)58-19-9-26(54-21(19)12-45)42-7-5-24(34)40-32(42)48/h5,7,11,15-16,18-23,25-27,45-46H,3-4,6,8-10,12-14H2,1-2H3,(H,39,50)(H,51,61)(H2,34,40,48)(H2,35,36,37)(H,41,47,49)/t18-,19-,20-,21+,22+,23+,25+,26+,27+,59?,60?/m0/s1. The Bertz CT molecular complexity index is 2470. The third-order valence-corrected chi connectivity index (χ3v) is 13.5. The zero-order valence-corrected chi connectivity index (χ0v) is 35.5. The first kappa shape index (κ1) is 45.2. The van der Waals surface area contributed by atoms with Crippen LogP contribution in [0.1, 0.15) is 63.3 Å². The number of hydrogen-bond donors (Lipinski definition) is 7. The number of ether oxygens (including phenoxy) is 3. The highest BCUT2D eigenvalue weighted by molar-refractivity contribution is 8.07. The van der Waals surface area contributed by atoms with Gasteiger partial charge in [-0.1, -0.05) is 13.3 Å². The summed E-state index contributed by atoms with van der Waals surface area (Å²) in [6.45, 7) is -2.04. The van der Waals surface area contributed by atoms with E-state index in [1.165, 1.54) is 38.0 Å². The highest BCUT2D eigenvalue weighted by atomic mass is 32.5. The van der Waals surface area contributed by atoms with Crippen LogP contribution in [0, 0.1) is 6.92 Å². The average Bonchev–Trinajstić information content (AvgIpc) is 4.00. The van der Waals surface area contributed by atoms with Crippen LogP contribution < -0.4 is 33.5 Å². The van der Waals surface area contributed by atoms with Gasteiger partial charge in [-0.3, -0.25) is 32.5 Å². The molecule has 7 heterocycles. The smallest absolute Gasteiger partial charge is 0.394 e. The van der Waals surface area contributed by atoms with E-state index in [1.54, 1.807) is 4.57 Å². The molecule has 25 nitrogen and oxygen atoms in total. The van der Waals surface area contributed by atoms with Gasteiger partial charge in [-0.2, -0.15) is 4.98 Å². The van der Waals surface area contributed by atoms with Crippen LogP contribution in [0.15, 0.2) is 45.5 Å². The number of nitrogens with one attached hydrogen (secondary N) is 2. The summed E-state index contributed by atoms with van der Waals surface area (Å²) in [5, 5.41) is 23.9. The summed E-state index contributed by atoms with van der Waals surface area (Å²) in [5.74, 6) is 0.175. The SMILES string of the molecule is CCCCNP(=O)(OC[C@H]1O[C@@H](n2cnc3c(N)ncnc32)C[C@@H]1O)O[C@H]1C[C@H](n2cc(C)c(=O)[nH]c2=O)O[C@@H]1COP(O)(=S)O[C@H]1C[C@H](n2ccc(N)nc2=O)O[C@@H]1CO. The number of rotatable bonds is 18. The van der Waals surface area contributed by atoms with Crippen molar-refractivity contribution in [1.82, 2.24) is 43.7 Å². The van der Waals surface area contributed by atoms with Gasteiger partial charge in [-0.25, -0.2) is 34.2 Å². The lowest BCUT2D eigenvalue weighted by atomic mass is 10.2. The molecule has 2 unspecified atom stereocenters. The van der Waals surface area contributed by atoms with Crippen molar-refractivity contribution in [1.29, 1.82) is 0 Å². The molecule has 0 saturated carbocycles. The quantitative estimate of drug-likeness (QED) is 0.0504. The number of aromatic amines is 1. The summed E-state index contributed by atoms with van der Waals surface area (Å²) >= 11 is 5.34. The lowest BCUT2D eigenvalue weighted by Crippen LogP contribution is -2.33. The summed E-state index contributed by atoms with van der Waals surface area (Å²) in [7, 11) is -4.31. The fraction of sp³-hybridized carbons (Fsp3) is 0.606. The molecule has 28 heteroatoms. The molecule has 4 aromatic heterocycles. The zero-order chi connectivity index (χ0) is 43.6. The van der Waals surface area contributed by atoms with Crippen molar-refractivity contribution in [2.24, 2.45) is 0 Å². The first-order chi connectivity index (χ1) is 29.1. The Morgan fingerprint density at radius 2 is 1.66 bits per heavy atom. The Morgan fingerprint density at radius 3 is 2.39 bits per heavy atom. The minimum atomic E-state index is -4.31. The predicted molar refractivity (Wildman–Crippen MR) is 216 cm³/mol. The molecule has 3 aliphatic heterocycles. The number of H-pyrrole nitrogens is 1. The zero-order valence-electron chi connectivity index (χ0n) is 32.9. The van der Waals surface area contributed by atoms with Gasteiger partial charge >= 0.3 is 25.8 Å². The molecule has 0 aromatic carbocycles. The van der Waals surface area contributed by atoms with Crippen molar-refractivity contribution < 1.29 is 52.0 Å². The van der Waals surface area contributed by atoms with E-state index in [0.717, 1.165) is 15.6 Å². The van der Waals surface area contributed by atoms with Crippen LogP contribution in [0.3, 0.4) is 0 Å². The lowest BCUT2D eigenvalue weighted by molar-refractivity contribution is -0.0553. The third kappa shape index (κ3) is 10.3. The summed E-state index contributed by atoms with van der Waals surface area (Å²) in [6, 6.07) is 1.39. The molecule has 9 N–H and O–H groups in total. The summed E-state index contributed by atoms with van der Waals surface area (Å²) < 4.78 is 60.2. The van der Waals surface area contributed by atoms with Crippen molar-refractivity contribution in [2.75, 3.05) is 37.8 Å². The molecule has 3 saturated heterocycles. The fourth-order valence-corrected chi connectivity index (χ4v) is 10.1. The van der Waals surface area contributed by atoms with Crippen LogP contribution in [0.4, 0.5) is 11.6 Å². The molecule has 3 fully saturated rings. The maximum absolute atomic E-state index is 14.6. The van der Waals surface area contributed by atoms with Crippen molar-refractivity contribution >= 4 is 49.1 Å². The van der Waals surface area contributed by atoms with Crippen molar-refractivity contribution in [3.05, 3.63) is 68.0 Å². The van der Waals surface area contributed by atoms with Crippen molar-refractivity contribution in [3.8, 4) is 0 Å². The van der Waals surface area contributed by atoms with E-state index in [2.05, 4.69) is 30.0 Å². The van der Waals surface area contributed by atoms with Gasteiger partial charge in [0.2, 0.25) is 0 Å². The Labute approximate surface area is 351 Å². The second-order valence-corrected chi connectivity index (χ2v) is 19.1. The van der Waals surface area contributed by atoms with Gasteiger partial charge in [0.05, 0.1) is 38.4 Å². The number of aliphatic hydroxyl groups is 2. The van der Waals surface area contributed by atoms with E-state index in [1.807, 2.05) is 6.92 Å². The normalized spacial score (nSPS) is 28.6. The first-order valence-corrected chi connectivity index (χ1v) is 23.4. The molecule has 7 rings (SSSR count). The molecular weight excluding hydrogens is 868 g/mol. The van der Waals surface area contributed by atoms with E-state index in [-0.39, 0.29) is 43.0 Å². The van der Waals surface area contributed by atoms with Crippen LogP contribution in [0.2, 0.25) is 0 Å². The highest BCUT2D eigenvalue weighted by Gasteiger charge is 2.46. The topological polar surface area (TPSA) is 340 Å². The number of hydrogen-bond acceptors (Lipinski definition) is 20. The number of imidazole rings is 1. The van der Waals surface area contributed by atoms with E-state index in [4.69, 9.17) is 55.6 Å². The molecule has 0 spiro atoms. The van der Waals surface area contributed by atoms with Crippen molar-refractivity contribution in [3.63, 3.8) is 0 Å². The second kappa shape index (κ2) is 18.9. The number of aliphatic hydroxyl groups excluding tert-OH is 2. The summed E-state index contributed by atoms with van der Waals surface area (Å²) in [5.41, 5.74) is 10.4. The molecule has 0 aliphatic carbocycles. The van der Waals surface area contributed by atoms with Gasteiger partial charge in [0.25, 0.3) is 5.56 Å². The van der Waals surface area contributed by atoms with E-state index >= 15 is 0 Å². The molecule has 4 aromatic rings. The lowest BCUT2D eigenvalue weighted by Gasteiger charge is -2.28. The third-order valence-electron chi connectivity index (χ3n) is 10.2. The molecule has 11 atom stereocenters. The fourth-order valence-electron chi connectivity index (χ4n) is 7.07. The van der Waals surface area contributed by atoms with Crippen LogP contribution >= 0.6 is 14.5 Å². The van der Waals surface area contributed by atoms with Gasteiger partial charge in [-0.05, 0) is 31.2 Å². The van der Waals surface area contributed by atoms with Crippen LogP contribution in [-0.4, -0.2) is 117 Å². The minimum absolute atomic E-state index is 0.00185. The molecule has 334 valence electrons. The Kier molecular flexibility index (Phi) is 14.0. The number of aromatic nitrogens is 8. The monoisotopic (exact) mass is 915 g/mol. The summed E-state index contributed by atoms with van der Waals surface area (Å²) in [6.07, 6.45) is -2.54. The van der Waals surface area contributed by atoms with Gasteiger partial charge in [-0.15, -0.1) is 0 Å². The number of fused-ring (bicyclic) bond motifs is 1. The minimum Gasteiger partial charge on any atom is -0.394 e. The Hall–Kier alpha value is -3.85. The number of unbranched alkanes of at least 4 members (excludes halogenated alkanes) is 1. The van der Waals surface area contributed by atoms with Gasteiger partial charge in [0.15, 0.2) is 11.5 Å². The number of nitrogens with two attached hydrogens (primary N) is 2. The molecular formula is C33H47N11O14P2S. The predicted octanol–water partition coefficient (Wildman–Crippen LogP) is -0.160. The average molecular weight is 916 g/mol. The van der Waals surface area contributed by atoms with Gasteiger partial charge in [0.1, 0.15) is 60.8 Å². The van der Waals surface area contributed by atoms with E-state index in [0.29, 0.717) is 17.6 Å². The first-order valence-electron chi connectivity index (χ1n) is 19.3. The van der Waals surface area contributed by atoms with Crippen LogP contribution in [0.25, 0.3) is 11.2 Å². The summed E-state index contributed by atoms with van der Waals surface area (Å²) in [4.78, 5) is 67.2. The largest absolute Gasteiger partial charge is 0.405 e. The Balaban J connectivity index is 1.07. The van der Waals surface area contributed by atoms with E-state index in [9.17, 15) is 34.1 Å². The molecule has 0 radical (unpaired) electrons. The molecule has 0 amide bonds. The van der Waals surface area contributed by atoms with Crippen LogP contribution in [0.5, 0.6) is 0 Å². The van der Waals surface area contributed by atoms with Gasteiger partial charge < -0.3 is 49.8 Å².